The minimum atomic E-state index is -0.0763. The highest BCUT2D eigenvalue weighted by Gasteiger charge is 2.37. The highest BCUT2D eigenvalue weighted by Crippen LogP contribution is 2.54. The number of aromatic nitrogens is 1. The summed E-state index contributed by atoms with van der Waals surface area (Å²) >= 11 is 0. The zero-order valence-electron chi connectivity index (χ0n) is 34.4. The number of hydrogen-bond donors (Lipinski definition) is 0. The summed E-state index contributed by atoms with van der Waals surface area (Å²) in [4.78, 5) is 2.51. The zero-order chi connectivity index (χ0) is 40.3. The van der Waals surface area contributed by atoms with Crippen molar-refractivity contribution in [1.82, 2.24) is 4.57 Å². The van der Waals surface area contributed by atoms with Crippen molar-refractivity contribution in [1.29, 1.82) is 0 Å². The molecule has 0 saturated carbocycles. The predicted octanol–water partition coefficient (Wildman–Crippen LogP) is 15.7. The Balaban J connectivity index is 1.10. The summed E-state index contributed by atoms with van der Waals surface area (Å²) in [6.07, 6.45) is 0. The van der Waals surface area contributed by atoms with Crippen molar-refractivity contribution in [3.8, 4) is 39.1 Å². The van der Waals surface area contributed by atoms with Crippen molar-refractivity contribution >= 4 is 49.6 Å². The van der Waals surface area contributed by atoms with Crippen molar-refractivity contribution in [3.63, 3.8) is 0 Å². The Labute approximate surface area is 351 Å². The first-order valence-corrected chi connectivity index (χ1v) is 21.2. The number of anilines is 3. The molecule has 1 aromatic heterocycles. The van der Waals surface area contributed by atoms with E-state index in [9.17, 15) is 0 Å². The Kier molecular flexibility index (Phi) is 7.36. The van der Waals surface area contributed by atoms with E-state index in [0.29, 0.717) is 0 Å². The third kappa shape index (κ3) is 4.82. The van der Waals surface area contributed by atoms with Gasteiger partial charge >= 0.3 is 0 Å². The molecule has 0 atom stereocenters. The van der Waals surface area contributed by atoms with Crippen LogP contribution in [0.25, 0.3) is 71.6 Å². The van der Waals surface area contributed by atoms with Crippen molar-refractivity contribution in [2.75, 3.05) is 4.90 Å². The van der Waals surface area contributed by atoms with Crippen molar-refractivity contribution in [3.05, 3.63) is 216 Å². The standard InChI is InChI=1S/C58H44N2/c1-57(2)49-24-12-7-18-41(49)47-35-37(29-32-51(47)57)59(38-30-33-52-48(36-38)42-19-8-13-25-50(42)58(52,3)4)53-26-14-9-21-44(53)40-31-34-56(43-20-6-5-17-39(40)43)60-54-27-15-10-22-45(54)46-23-11-16-28-55(46)60/h5-36H,1-4H3. The maximum Gasteiger partial charge on any atom is 0.0541 e. The fraction of sp³-hybridized carbons (Fsp3) is 0.103. The van der Waals surface area contributed by atoms with E-state index in [1.807, 2.05) is 0 Å². The van der Waals surface area contributed by atoms with E-state index in [-0.39, 0.29) is 10.8 Å². The van der Waals surface area contributed by atoms with Gasteiger partial charge in [0.05, 0.1) is 22.4 Å². The third-order valence-electron chi connectivity index (χ3n) is 13.8. The van der Waals surface area contributed by atoms with E-state index < -0.39 is 0 Å². The molecule has 0 bridgehead atoms. The number of rotatable bonds is 5. The lowest BCUT2D eigenvalue weighted by molar-refractivity contribution is 0.660. The van der Waals surface area contributed by atoms with Gasteiger partial charge < -0.3 is 9.47 Å². The Bertz CT molecular complexity index is 3230. The molecule has 1 heterocycles. The summed E-state index contributed by atoms with van der Waals surface area (Å²) < 4.78 is 2.45. The van der Waals surface area contributed by atoms with Crippen LogP contribution in [0.5, 0.6) is 0 Å². The molecule has 0 saturated heterocycles. The lowest BCUT2D eigenvalue weighted by Gasteiger charge is -2.30. The van der Waals surface area contributed by atoms with Crippen LogP contribution in [-0.2, 0) is 10.8 Å². The van der Waals surface area contributed by atoms with E-state index in [1.165, 1.54) is 93.9 Å². The quantitative estimate of drug-likeness (QED) is 0.169. The molecule has 286 valence electrons. The number of fused-ring (bicyclic) bond motifs is 10. The molecule has 0 radical (unpaired) electrons. The highest BCUT2D eigenvalue weighted by molar-refractivity contribution is 6.12. The first-order valence-electron chi connectivity index (χ1n) is 21.2. The van der Waals surface area contributed by atoms with Gasteiger partial charge in [-0.3, -0.25) is 0 Å². The second kappa shape index (κ2) is 12.7. The van der Waals surface area contributed by atoms with Gasteiger partial charge in [0.25, 0.3) is 0 Å². The average Bonchev–Trinajstić information content (AvgIpc) is 3.83. The highest BCUT2D eigenvalue weighted by atomic mass is 15.1. The largest absolute Gasteiger partial charge is 0.310 e. The fourth-order valence-corrected chi connectivity index (χ4v) is 10.9. The molecular formula is C58H44N2. The Morgan fingerprint density at radius 2 is 0.767 bits per heavy atom. The molecule has 2 aliphatic carbocycles. The van der Waals surface area contributed by atoms with Crippen LogP contribution in [0, 0.1) is 0 Å². The first-order chi connectivity index (χ1) is 29.3. The fourth-order valence-electron chi connectivity index (χ4n) is 10.9. The van der Waals surface area contributed by atoms with E-state index in [4.69, 9.17) is 0 Å². The molecule has 0 N–H and O–H groups in total. The van der Waals surface area contributed by atoms with Gasteiger partial charge in [0, 0.05) is 43.9 Å². The lowest BCUT2D eigenvalue weighted by atomic mass is 9.82. The van der Waals surface area contributed by atoms with Crippen LogP contribution in [0.15, 0.2) is 194 Å². The molecular weight excluding hydrogens is 725 g/mol. The summed E-state index contributed by atoms with van der Waals surface area (Å²) in [6, 6.07) is 72.4. The molecule has 2 heteroatoms. The predicted molar refractivity (Wildman–Crippen MR) is 254 cm³/mol. The average molecular weight is 769 g/mol. The Morgan fingerprint density at radius 1 is 0.333 bits per heavy atom. The van der Waals surface area contributed by atoms with Crippen LogP contribution in [0.4, 0.5) is 17.1 Å². The van der Waals surface area contributed by atoms with Crippen LogP contribution in [-0.4, -0.2) is 4.57 Å². The molecule has 0 aliphatic heterocycles. The van der Waals surface area contributed by atoms with Crippen LogP contribution in [0.1, 0.15) is 49.9 Å². The first kappa shape index (κ1) is 34.8. The van der Waals surface area contributed by atoms with E-state index >= 15 is 0 Å². The SMILES string of the molecule is CC1(C)c2ccccc2-c2cc(N(c3ccc4c(c3)-c3ccccc3C4(C)C)c3ccccc3-c3ccc(-n4c5ccccc5c5ccccc54)c4ccccc34)ccc21. The monoisotopic (exact) mass is 768 g/mol. The summed E-state index contributed by atoms with van der Waals surface area (Å²) in [5.41, 5.74) is 20.1. The number of hydrogen-bond acceptors (Lipinski definition) is 1. The second-order valence-electron chi connectivity index (χ2n) is 17.7. The van der Waals surface area contributed by atoms with Crippen LogP contribution >= 0.6 is 0 Å². The smallest absolute Gasteiger partial charge is 0.0541 e. The van der Waals surface area contributed by atoms with Gasteiger partial charge in [0.2, 0.25) is 0 Å². The van der Waals surface area contributed by atoms with Crippen molar-refractivity contribution in [2.24, 2.45) is 0 Å². The molecule has 12 rings (SSSR count). The second-order valence-corrected chi connectivity index (χ2v) is 17.7. The molecule has 2 nitrogen and oxygen atoms in total. The number of nitrogens with zero attached hydrogens (tertiary/aromatic N) is 2. The maximum atomic E-state index is 2.51. The molecule has 0 spiro atoms. The van der Waals surface area contributed by atoms with E-state index in [2.05, 4.69) is 231 Å². The number of benzene rings is 9. The molecule has 60 heavy (non-hydrogen) atoms. The van der Waals surface area contributed by atoms with E-state index in [1.54, 1.807) is 0 Å². The Morgan fingerprint density at radius 3 is 1.33 bits per heavy atom. The minimum Gasteiger partial charge on any atom is -0.310 e. The molecule has 0 fully saturated rings. The van der Waals surface area contributed by atoms with Crippen molar-refractivity contribution in [2.45, 2.75) is 38.5 Å². The van der Waals surface area contributed by atoms with Crippen LogP contribution in [0.2, 0.25) is 0 Å². The maximum absolute atomic E-state index is 2.51. The van der Waals surface area contributed by atoms with Gasteiger partial charge in [-0.05, 0) is 104 Å². The van der Waals surface area contributed by atoms with Crippen LogP contribution < -0.4 is 4.90 Å². The number of para-hydroxylation sites is 3. The molecule has 0 unspecified atom stereocenters. The van der Waals surface area contributed by atoms with E-state index in [0.717, 1.165) is 17.1 Å². The zero-order valence-corrected chi connectivity index (χ0v) is 34.4. The molecule has 9 aromatic carbocycles. The summed E-state index contributed by atoms with van der Waals surface area (Å²) in [5.74, 6) is 0. The molecule has 10 aromatic rings. The minimum absolute atomic E-state index is 0.0763. The Hall–Kier alpha value is -7.16. The van der Waals surface area contributed by atoms with Gasteiger partial charge in [-0.25, -0.2) is 0 Å². The van der Waals surface area contributed by atoms with Gasteiger partial charge in [0.1, 0.15) is 0 Å². The summed E-state index contributed by atoms with van der Waals surface area (Å²) in [5, 5.41) is 4.97. The van der Waals surface area contributed by atoms with Gasteiger partial charge in [0.15, 0.2) is 0 Å². The molecule has 2 aliphatic rings. The van der Waals surface area contributed by atoms with Gasteiger partial charge in [-0.2, -0.15) is 0 Å². The van der Waals surface area contributed by atoms with Crippen LogP contribution in [0.3, 0.4) is 0 Å². The van der Waals surface area contributed by atoms with Crippen molar-refractivity contribution < 1.29 is 0 Å². The van der Waals surface area contributed by atoms with Gasteiger partial charge in [-0.1, -0.05) is 173 Å². The molecule has 0 amide bonds. The third-order valence-corrected chi connectivity index (χ3v) is 13.8. The van der Waals surface area contributed by atoms with Gasteiger partial charge in [-0.15, -0.1) is 0 Å². The summed E-state index contributed by atoms with van der Waals surface area (Å²) in [7, 11) is 0. The lowest BCUT2D eigenvalue weighted by Crippen LogP contribution is -2.16. The topological polar surface area (TPSA) is 8.17 Å². The normalized spacial score (nSPS) is 14.3. The summed E-state index contributed by atoms with van der Waals surface area (Å²) in [6.45, 7) is 9.44.